The molecule has 0 bridgehead atoms. The summed E-state index contributed by atoms with van der Waals surface area (Å²) in [6.07, 6.45) is 2.74. The van der Waals surface area contributed by atoms with Gasteiger partial charge in [-0.05, 0) is 78.3 Å². The van der Waals surface area contributed by atoms with E-state index in [2.05, 4.69) is 31.2 Å². The molecule has 2 atom stereocenters. The average Bonchev–Trinajstić information content (AvgIpc) is 3.41. The Morgan fingerprint density at radius 1 is 0.506 bits per heavy atom. The molecule has 0 spiro atoms. The molecule has 0 saturated carbocycles. The molecule has 20 nitrogen and oxygen atoms in total. The zero-order chi connectivity index (χ0) is 57.3. The molecule has 0 aliphatic carbocycles. The van der Waals surface area contributed by atoms with Crippen LogP contribution in [0, 0.1) is 0 Å². The zero-order valence-electron chi connectivity index (χ0n) is 44.2. The van der Waals surface area contributed by atoms with Crippen LogP contribution >= 0.6 is 0 Å². The maximum atomic E-state index is 12.1. The van der Waals surface area contributed by atoms with E-state index in [0.29, 0.717) is 47.2 Å². The Hall–Kier alpha value is -7.32. The van der Waals surface area contributed by atoms with Crippen molar-refractivity contribution in [1.82, 2.24) is 14.7 Å². The van der Waals surface area contributed by atoms with Gasteiger partial charge in [0.05, 0.1) is 32.7 Å². The maximum absolute atomic E-state index is 12.1. The van der Waals surface area contributed by atoms with Crippen molar-refractivity contribution in [2.45, 2.75) is 77.7 Å². The molecule has 0 saturated heterocycles. The van der Waals surface area contributed by atoms with Gasteiger partial charge in [-0.3, -0.25) is 38.7 Å². The molecule has 2 unspecified atom stereocenters. The number of rotatable bonds is 38. The van der Waals surface area contributed by atoms with Crippen molar-refractivity contribution in [2.24, 2.45) is 0 Å². The number of carboxylic acid groups (broad SMARTS) is 6. The molecule has 0 heterocycles. The Kier molecular flexibility index (Phi) is 25.8. The van der Waals surface area contributed by atoms with Gasteiger partial charge in [0, 0.05) is 25.7 Å². The van der Waals surface area contributed by atoms with Crippen molar-refractivity contribution in [3.8, 4) is 28.7 Å². The van der Waals surface area contributed by atoms with Crippen LogP contribution in [0.2, 0.25) is 0 Å². The summed E-state index contributed by atoms with van der Waals surface area (Å²) in [7, 11) is 0. The average molecular weight is 1290 g/mol. The van der Waals surface area contributed by atoms with Gasteiger partial charge in [0.1, 0.15) is 30.5 Å². The number of carbonyl (C=O) groups is 6. The van der Waals surface area contributed by atoms with Crippen molar-refractivity contribution < 1.29 is 83.1 Å². The van der Waals surface area contributed by atoms with E-state index < -0.39 is 80.7 Å². The first-order valence-electron chi connectivity index (χ1n) is 25.7. The minimum absolute atomic E-state index is 0.0175. The molecule has 5 aromatic carbocycles. The fourth-order valence-electron chi connectivity index (χ4n) is 8.48. The van der Waals surface area contributed by atoms with E-state index in [1.54, 1.807) is 42.5 Å². The molecule has 0 amide bonds. The molecule has 79 heavy (non-hydrogen) atoms. The third kappa shape index (κ3) is 23.3. The number of hydrogen-bond donors (Lipinski definition) is 6. The molecule has 0 aliphatic rings. The number of ether oxygens (including phenoxy) is 5. The third-order valence-electron chi connectivity index (χ3n) is 12.4. The quantitative estimate of drug-likeness (QED) is 0.0273. The Balaban J connectivity index is 1.38. The first kappa shape index (κ1) is 62.5. The molecule has 6 N–H and O–H groups in total. The van der Waals surface area contributed by atoms with Crippen molar-refractivity contribution in [1.29, 1.82) is 0 Å². The van der Waals surface area contributed by atoms with Gasteiger partial charge in [0.2, 0.25) is 0 Å². The molecule has 21 heteroatoms. The van der Waals surface area contributed by atoms with Gasteiger partial charge in [-0.1, -0.05) is 56.7 Å². The van der Waals surface area contributed by atoms with E-state index in [0.717, 1.165) is 65.6 Å². The number of benzene rings is 5. The van der Waals surface area contributed by atoms with Crippen LogP contribution in [0.1, 0.15) is 60.1 Å². The molecule has 0 aromatic heterocycles. The molecular weight excluding hydrogens is 1220 g/mol. The Bertz CT molecular complexity index is 2750. The fourth-order valence-corrected chi connectivity index (χ4v) is 9.06. The summed E-state index contributed by atoms with van der Waals surface area (Å²) in [5, 5.41) is 58.0. The van der Waals surface area contributed by atoms with Crippen LogP contribution in [0.15, 0.2) is 109 Å². The second kappa shape index (κ2) is 32.6. The molecule has 2 radical (unpaired) electrons. The zero-order valence-corrected chi connectivity index (χ0v) is 47.7. The summed E-state index contributed by atoms with van der Waals surface area (Å²) in [4.78, 5) is 74.8. The van der Waals surface area contributed by atoms with Crippen LogP contribution in [0.4, 0.5) is 0 Å². The summed E-state index contributed by atoms with van der Waals surface area (Å²) < 4.78 is 32.7. The second-order valence-electron chi connectivity index (χ2n) is 18.8. The summed E-state index contributed by atoms with van der Waals surface area (Å²) in [5.41, 5.74) is 5.10. The minimum Gasteiger partial charge on any atom is -0.483 e. The van der Waals surface area contributed by atoms with Crippen molar-refractivity contribution in [3.05, 3.63) is 143 Å². The van der Waals surface area contributed by atoms with Gasteiger partial charge in [0.15, 0.2) is 6.10 Å². The molecular formula is C58H68BiN3O17. The van der Waals surface area contributed by atoms with E-state index in [-0.39, 0.29) is 58.0 Å². The molecule has 5 rings (SSSR count). The molecule has 5 aromatic rings. The molecule has 0 fully saturated rings. The van der Waals surface area contributed by atoms with E-state index in [1.807, 2.05) is 49.4 Å². The van der Waals surface area contributed by atoms with Gasteiger partial charge in [-0.2, -0.15) is 0 Å². The van der Waals surface area contributed by atoms with Crippen LogP contribution in [-0.4, -0.2) is 184 Å². The summed E-state index contributed by atoms with van der Waals surface area (Å²) >= 11 is 1.13. The number of aliphatic carboxylic acids is 6. The van der Waals surface area contributed by atoms with Crippen molar-refractivity contribution in [2.75, 3.05) is 65.6 Å². The third-order valence-corrected chi connectivity index (χ3v) is 13.6. The van der Waals surface area contributed by atoms with Crippen molar-refractivity contribution >= 4 is 63.8 Å². The first-order chi connectivity index (χ1) is 37.8. The number of nitrogens with zero attached hydrogens (tertiary/aromatic N) is 3. The SMILES string of the molecule is CCCCc1ccc(COc2ccc(OCC(COc3ccc(OCc4cc[c]([Bi])cc4)cc3CC(=O)O)Oc3ccc(CC(CN(CCN(CC(=O)O)CC(=O)O)CC(=O)O)N(CC(=O)O)CC(=O)O)cc3)c(CC)c2)cc1. The number of unbranched alkanes of at least 4 members (excludes halogenated alkanes) is 1. The smallest absolute Gasteiger partial charge is 0.483 e. The van der Waals surface area contributed by atoms with Crippen LogP contribution in [-0.2, 0) is 67.7 Å². The Morgan fingerprint density at radius 2 is 0.962 bits per heavy atom. The standard InChI is InChI=1S/C58H68N3O17.Bi/c1-3-5-9-40-12-14-43(15-13-40)37-75-48-20-22-51(44(4-2)27-48)76-38-50(39-77-52-23-21-49(28-45(52)29-53(62)63)74-36-42-10-7-6-8-11-42)78-47-18-16-41(17-19-47)26-46(61(34-57(70)71)35-58(72)73)30-59(31-54(64)65)24-25-60(32-55(66)67)33-56(68)69;/h7-8,10-23,27-28,46,50H,3-5,9,24-26,29-39H2,1-2H3,(H,62,63)(H,64,65)(H,66,67)(H,68,69)(H,70,71)(H,72,73);. The molecule has 422 valence electrons. The Morgan fingerprint density at radius 3 is 1.47 bits per heavy atom. The number of aryl methyl sites for hydroxylation is 2. The topological polar surface area (TPSA) is 280 Å². The fraction of sp³-hybridized carbons (Fsp3) is 0.379. The predicted octanol–water partition coefficient (Wildman–Crippen LogP) is 5.32. The summed E-state index contributed by atoms with van der Waals surface area (Å²) in [6, 6.07) is 32.7. The molecule has 0 aliphatic heterocycles. The van der Waals surface area contributed by atoms with E-state index in [4.69, 9.17) is 23.7 Å². The minimum atomic E-state index is -1.34. The van der Waals surface area contributed by atoms with Gasteiger partial charge in [0.25, 0.3) is 0 Å². The summed E-state index contributed by atoms with van der Waals surface area (Å²) in [5.74, 6) is -5.30. The van der Waals surface area contributed by atoms with E-state index >= 15 is 0 Å². The van der Waals surface area contributed by atoms with E-state index in [1.165, 1.54) is 18.6 Å². The van der Waals surface area contributed by atoms with E-state index in [9.17, 15) is 59.4 Å². The Labute approximate surface area is 473 Å². The number of carboxylic acids is 6. The predicted molar refractivity (Wildman–Crippen MR) is 291 cm³/mol. The second-order valence-corrected chi connectivity index (χ2v) is 20.8. The van der Waals surface area contributed by atoms with Gasteiger partial charge in [-0.25, -0.2) is 0 Å². The van der Waals surface area contributed by atoms with Crippen LogP contribution in [0.3, 0.4) is 0 Å². The normalized spacial score (nSPS) is 12.0. The summed E-state index contributed by atoms with van der Waals surface area (Å²) in [6.45, 7) is 0.825. The first-order valence-corrected chi connectivity index (χ1v) is 27.5. The number of hydrogen-bond acceptors (Lipinski definition) is 14. The van der Waals surface area contributed by atoms with Crippen LogP contribution in [0.25, 0.3) is 0 Å². The van der Waals surface area contributed by atoms with Crippen molar-refractivity contribution in [3.63, 3.8) is 0 Å². The van der Waals surface area contributed by atoms with Crippen LogP contribution < -0.4 is 27.0 Å². The monoisotopic (exact) mass is 1290 g/mol. The van der Waals surface area contributed by atoms with Gasteiger partial charge >= 0.3 is 168 Å². The van der Waals surface area contributed by atoms with Gasteiger partial charge in [-0.15, -0.1) is 0 Å². The van der Waals surface area contributed by atoms with Gasteiger partial charge < -0.3 is 39.7 Å². The van der Waals surface area contributed by atoms with Crippen LogP contribution in [0.5, 0.6) is 28.7 Å².